The third-order valence-electron chi connectivity index (χ3n) is 5.03. The van der Waals surface area contributed by atoms with Gasteiger partial charge < -0.3 is 10.2 Å². The van der Waals surface area contributed by atoms with E-state index in [1.165, 1.54) is 30.5 Å². The largest absolute Gasteiger partial charge is 0.325 e. The number of nitrogens with zero attached hydrogens (tertiary/aromatic N) is 3. The number of carbonyl (C=O) groups excluding carboxylic acids is 1. The van der Waals surface area contributed by atoms with Gasteiger partial charge >= 0.3 is 0 Å². The van der Waals surface area contributed by atoms with Gasteiger partial charge in [-0.1, -0.05) is 19.1 Å². The smallest absolute Gasteiger partial charge is 0.248 e. The maximum absolute atomic E-state index is 13.4. The van der Waals surface area contributed by atoms with E-state index in [-0.39, 0.29) is 23.9 Å². The molecule has 0 aliphatic carbocycles. The van der Waals surface area contributed by atoms with Crippen LogP contribution in [0.1, 0.15) is 12.5 Å². The molecular formula is C22H21FN4O3S. The predicted molar refractivity (Wildman–Crippen MR) is 116 cm³/mol. The van der Waals surface area contributed by atoms with Crippen LogP contribution in [0, 0.1) is 5.82 Å². The number of anilines is 3. The maximum atomic E-state index is 13.4. The molecule has 2 heterocycles. The molecule has 1 aromatic heterocycles. The number of carbonyl (C=O) groups is 1. The molecule has 2 aromatic carbocycles. The first kappa shape index (κ1) is 21.0. The highest BCUT2D eigenvalue weighted by atomic mass is 32.2. The van der Waals surface area contributed by atoms with E-state index in [4.69, 9.17) is 0 Å². The summed E-state index contributed by atoms with van der Waals surface area (Å²) >= 11 is 0. The van der Waals surface area contributed by atoms with E-state index in [2.05, 4.69) is 10.3 Å². The molecule has 3 aromatic rings. The summed E-state index contributed by atoms with van der Waals surface area (Å²) in [4.78, 5) is 18.5. The quantitative estimate of drug-likeness (QED) is 0.656. The highest BCUT2D eigenvalue weighted by Crippen LogP contribution is 2.35. The summed E-state index contributed by atoms with van der Waals surface area (Å²) in [5.74, 6) is -0.625. The van der Waals surface area contributed by atoms with Gasteiger partial charge in [0.05, 0.1) is 13.2 Å². The lowest BCUT2D eigenvalue weighted by atomic mass is 10.1. The zero-order valence-electron chi connectivity index (χ0n) is 16.8. The minimum absolute atomic E-state index is 0.00864. The van der Waals surface area contributed by atoms with Crippen LogP contribution in [0.5, 0.6) is 0 Å². The van der Waals surface area contributed by atoms with E-state index < -0.39 is 21.7 Å². The zero-order chi connectivity index (χ0) is 22.0. The number of nitrogens with one attached hydrogen (secondary N) is 1. The van der Waals surface area contributed by atoms with Gasteiger partial charge in [0.15, 0.2) is 5.82 Å². The minimum Gasteiger partial charge on any atom is -0.325 e. The third-order valence-corrected chi connectivity index (χ3v) is 6.83. The summed E-state index contributed by atoms with van der Waals surface area (Å²) in [6, 6.07) is 16.0. The summed E-state index contributed by atoms with van der Waals surface area (Å²) in [5, 5.41) is 2.74. The molecule has 4 rings (SSSR count). The van der Waals surface area contributed by atoms with Crippen molar-refractivity contribution < 1.29 is 17.6 Å². The Morgan fingerprint density at radius 2 is 1.81 bits per heavy atom. The van der Waals surface area contributed by atoms with Crippen LogP contribution >= 0.6 is 0 Å². The monoisotopic (exact) mass is 440 g/mol. The van der Waals surface area contributed by atoms with Crippen molar-refractivity contribution in [1.82, 2.24) is 9.29 Å². The molecule has 1 aliphatic heterocycles. The number of rotatable bonds is 5. The molecular weight excluding hydrogens is 419 g/mol. The number of hydrogen-bond acceptors (Lipinski definition) is 5. The van der Waals surface area contributed by atoms with Crippen LogP contribution < -0.4 is 10.2 Å². The number of hydrogen-bond donors (Lipinski definition) is 1. The number of aryl methyl sites for hydroxylation is 1. The van der Waals surface area contributed by atoms with Crippen LogP contribution in [0.25, 0.3) is 0 Å². The molecule has 0 bridgehead atoms. The van der Waals surface area contributed by atoms with E-state index in [0.717, 1.165) is 16.3 Å². The number of fused-ring (bicyclic) bond motifs is 1. The summed E-state index contributed by atoms with van der Waals surface area (Å²) in [5.41, 5.74) is 2.29. The Balaban J connectivity index is 1.61. The molecule has 0 fully saturated rings. The average Bonchev–Trinajstić information content (AvgIpc) is 2.77. The van der Waals surface area contributed by atoms with Crippen LogP contribution in [0.3, 0.4) is 0 Å². The Kier molecular flexibility index (Phi) is 5.71. The topological polar surface area (TPSA) is 82.6 Å². The lowest BCUT2D eigenvalue weighted by molar-refractivity contribution is -0.116. The molecule has 31 heavy (non-hydrogen) atoms. The van der Waals surface area contributed by atoms with Gasteiger partial charge in [-0.2, -0.15) is 4.31 Å². The van der Waals surface area contributed by atoms with Crippen molar-refractivity contribution in [3.8, 4) is 0 Å². The number of sulfonamides is 1. The van der Waals surface area contributed by atoms with Crippen molar-refractivity contribution in [3.63, 3.8) is 0 Å². The Bertz CT molecular complexity index is 1200. The molecule has 0 saturated carbocycles. The summed E-state index contributed by atoms with van der Waals surface area (Å²) in [6.45, 7) is 1.54. The number of halogens is 1. The highest BCUT2D eigenvalue weighted by molar-refractivity contribution is 7.89. The molecule has 0 spiro atoms. The normalized spacial score (nSPS) is 15.4. The zero-order valence-corrected chi connectivity index (χ0v) is 17.6. The molecule has 0 saturated heterocycles. The van der Waals surface area contributed by atoms with Crippen LogP contribution in [0.15, 0.2) is 71.8 Å². The molecule has 0 radical (unpaired) electrons. The highest BCUT2D eigenvalue weighted by Gasteiger charge is 2.37. The lowest BCUT2D eigenvalue weighted by Crippen LogP contribution is -2.47. The van der Waals surface area contributed by atoms with Gasteiger partial charge in [-0.15, -0.1) is 0 Å². The lowest BCUT2D eigenvalue weighted by Gasteiger charge is -2.36. The number of pyridine rings is 1. The minimum atomic E-state index is -3.94. The van der Waals surface area contributed by atoms with Crippen LogP contribution in [-0.2, 0) is 21.2 Å². The second-order valence-electron chi connectivity index (χ2n) is 7.08. The Labute approximate surface area is 180 Å². The van der Waals surface area contributed by atoms with Gasteiger partial charge in [-0.25, -0.2) is 17.8 Å². The van der Waals surface area contributed by atoms with Crippen molar-refractivity contribution in [1.29, 1.82) is 0 Å². The third kappa shape index (κ3) is 4.28. The standard InChI is InChI=1S/C22H21FN4O3S/c1-2-16-5-9-18(10-6-16)25-21(28)14-26-15-27(19-11-7-17(23)8-12-19)22-20(31(26,29)30)4-3-13-24-22/h3-13H,2,14-15H2,1H3,(H,25,28). The summed E-state index contributed by atoms with van der Waals surface area (Å²) < 4.78 is 40.7. The fraction of sp³-hybridized carbons (Fsp3) is 0.182. The van der Waals surface area contributed by atoms with Crippen molar-refractivity contribution in [2.75, 3.05) is 23.4 Å². The van der Waals surface area contributed by atoms with E-state index in [9.17, 15) is 17.6 Å². The fourth-order valence-corrected chi connectivity index (χ4v) is 4.85. The van der Waals surface area contributed by atoms with Gasteiger partial charge in [-0.3, -0.25) is 4.79 Å². The van der Waals surface area contributed by atoms with Gasteiger partial charge in [-0.05, 0) is 60.5 Å². The maximum Gasteiger partial charge on any atom is 0.248 e. The molecule has 160 valence electrons. The van der Waals surface area contributed by atoms with E-state index >= 15 is 0 Å². The van der Waals surface area contributed by atoms with E-state index in [0.29, 0.717) is 11.4 Å². The molecule has 1 N–H and O–H groups in total. The summed E-state index contributed by atoms with van der Waals surface area (Å²) in [6.07, 6.45) is 2.38. The van der Waals surface area contributed by atoms with Gasteiger partial charge in [0.25, 0.3) is 0 Å². The van der Waals surface area contributed by atoms with E-state index in [1.807, 2.05) is 19.1 Å². The first-order valence-corrected chi connectivity index (χ1v) is 11.2. The second-order valence-corrected chi connectivity index (χ2v) is 8.99. The van der Waals surface area contributed by atoms with Gasteiger partial charge in [0.2, 0.25) is 15.9 Å². The SMILES string of the molecule is CCc1ccc(NC(=O)CN2CN(c3ccc(F)cc3)c3ncccc3S2(=O)=O)cc1. The van der Waals surface area contributed by atoms with Crippen molar-refractivity contribution in [2.45, 2.75) is 18.2 Å². The van der Waals surface area contributed by atoms with Gasteiger partial charge in [0, 0.05) is 17.6 Å². The molecule has 9 heteroatoms. The van der Waals surface area contributed by atoms with Gasteiger partial charge in [0.1, 0.15) is 10.7 Å². The van der Waals surface area contributed by atoms with Crippen LogP contribution in [0.4, 0.5) is 21.6 Å². The van der Waals surface area contributed by atoms with Crippen molar-refractivity contribution in [3.05, 3.63) is 78.2 Å². The van der Waals surface area contributed by atoms with Crippen molar-refractivity contribution >= 4 is 33.1 Å². The average molecular weight is 441 g/mol. The number of aromatic nitrogens is 1. The summed E-state index contributed by atoms with van der Waals surface area (Å²) in [7, 11) is -3.94. The Morgan fingerprint density at radius 1 is 1.10 bits per heavy atom. The Hall–Kier alpha value is -3.30. The second kappa shape index (κ2) is 8.44. The van der Waals surface area contributed by atoms with Crippen LogP contribution in [-0.4, -0.2) is 36.8 Å². The molecule has 7 nitrogen and oxygen atoms in total. The predicted octanol–water partition coefficient (Wildman–Crippen LogP) is 3.52. The first-order valence-electron chi connectivity index (χ1n) is 9.75. The van der Waals surface area contributed by atoms with Crippen molar-refractivity contribution in [2.24, 2.45) is 0 Å². The number of amides is 1. The van der Waals surface area contributed by atoms with Crippen LogP contribution in [0.2, 0.25) is 0 Å². The molecule has 0 atom stereocenters. The Morgan fingerprint density at radius 3 is 2.48 bits per heavy atom. The molecule has 1 amide bonds. The molecule has 0 unspecified atom stereocenters. The molecule has 1 aliphatic rings. The van der Waals surface area contributed by atoms with E-state index in [1.54, 1.807) is 29.2 Å². The fourth-order valence-electron chi connectivity index (χ4n) is 3.37. The number of benzene rings is 2. The first-order chi connectivity index (χ1) is 14.9.